The van der Waals surface area contributed by atoms with Crippen molar-refractivity contribution < 1.29 is 14.3 Å². The first-order chi connectivity index (χ1) is 7.88. The molecule has 0 aromatic heterocycles. The molecular formula is C13H25NO3. The minimum absolute atomic E-state index is 0.202. The van der Waals surface area contributed by atoms with Crippen LogP contribution in [-0.2, 0) is 9.47 Å². The number of amides is 1. The normalized spacial score (nSPS) is 23.5. The van der Waals surface area contributed by atoms with Gasteiger partial charge in [0, 0.05) is 19.7 Å². The molecule has 0 saturated carbocycles. The molecule has 0 bridgehead atoms. The maximum Gasteiger partial charge on any atom is 0.410 e. The number of ether oxygens (including phenoxy) is 2. The number of nitrogens with zero attached hydrogens (tertiary/aromatic N) is 1. The second-order valence-electron chi connectivity index (χ2n) is 5.64. The summed E-state index contributed by atoms with van der Waals surface area (Å²) in [6.45, 7) is 9.99. The van der Waals surface area contributed by atoms with Crippen LogP contribution in [0.25, 0.3) is 0 Å². The van der Waals surface area contributed by atoms with Crippen LogP contribution in [-0.4, -0.2) is 42.4 Å². The van der Waals surface area contributed by atoms with Crippen molar-refractivity contribution in [2.45, 2.75) is 58.7 Å². The van der Waals surface area contributed by atoms with Gasteiger partial charge in [-0.15, -0.1) is 0 Å². The summed E-state index contributed by atoms with van der Waals surface area (Å²) >= 11 is 0. The second-order valence-corrected chi connectivity index (χ2v) is 5.64. The lowest BCUT2D eigenvalue weighted by Crippen LogP contribution is -2.38. The largest absolute Gasteiger partial charge is 0.444 e. The van der Waals surface area contributed by atoms with Crippen molar-refractivity contribution in [3.63, 3.8) is 0 Å². The molecule has 1 atom stereocenters. The monoisotopic (exact) mass is 243 g/mol. The first-order valence-corrected chi connectivity index (χ1v) is 6.48. The van der Waals surface area contributed by atoms with Crippen molar-refractivity contribution in [2.75, 3.05) is 19.7 Å². The Morgan fingerprint density at radius 2 is 1.94 bits per heavy atom. The van der Waals surface area contributed by atoms with E-state index in [1.54, 1.807) is 4.90 Å². The summed E-state index contributed by atoms with van der Waals surface area (Å²) in [4.78, 5) is 13.7. The maximum absolute atomic E-state index is 11.9. The lowest BCUT2D eigenvalue weighted by molar-refractivity contribution is 0.0241. The van der Waals surface area contributed by atoms with E-state index in [-0.39, 0.29) is 6.09 Å². The van der Waals surface area contributed by atoms with Gasteiger partial charge in [-0.2, -0.15) is 0 Å². The van der Waals surface area contributed by atoms with Crippen LogP contribution in [0.4, 0.5) is 4.79 Å². The Bertz CT molecular complexity index is 248. The Morgan fingerprint density at radius 1 is 1.29 bits per heavy atom. The van der Waals surface area contributed by atoms with E-state index in [1.807, 2.05) is 20.8 Å². The SMILES string of the molecule is CC1CCCN(C(=O)OC(C)(C)C)CCCO1. The summed E-state index contributed by atoms with van der Waals surface area (Å²) in [7, 11) is 0. The second kappa shape index (κ2) is 6.24. The molecule has 4 heteroatoms. The van der Waals surface area contributed by atoms with Gasteiger partial charge in [0.25, 0.3) is 0 Å². The van der Waals surface area contributed by atoms with Gasteiger partial charge in [0.15, 0.2) is 0 Å². The minimum atomic E-state index is -0.417. The van der Waals surface area contributed by atoms with E-state index in [4.69, 9.17) is 9.47 Å². The lowest BCUT2D eigenvalue weighted by Gasteiger charge is -2.27. The fourth-order valence-electron chi connectivity index (χ4n) is 1.81. The first kappa shape index (κ1) is 14.3. The predicted molar refractivity (Wildman–Crippen MR) is 67.1 cm³/mol. The van der Waals surface area contributed by atoms with Gasteiger partial charge in [-0.05, 0) is 47.0 Å². The van der Waals surface area contributed by atoms with Gasteiger partial charge < -0.3 is 14.4 Å². The Kier molecular flexibility index (Phi) is 5.25. The zero-order valence-electron chi connectivity index (χ0n) is 11.5. The summed E-state index contributed by atoms with van der Waals surface area (Å²) in [5.74, 6) is 0. The number of rotatable bonds is 0. The molecule has 17 heavy (non-hydrogen) atoms. The molecule has 1 fully saturated rings. The van der Waals surface area contributed by atoms with Crippen molar-refractivity contribution in [3.8, 4) is 0 Å². The van der Waals surface area contributed by atoms with Crippen molar-refractivity contribution >= 4 is 6.09 Å². The molecular weight excluding hydrogens is 218 g/mol. The first-order valence-electron chi connectivity index (χ1n) is 6.48. The third-order valence-electron chi connectivity index (χ3n) is 2.67. The van der Waals surface area contributed by atoms with Gasteiger partial charge in [0.2, 0.25) is 0 Å². The van der Waals surface area contributed by atoms with Crippen LogP contribution >= 0.6 is 0 Å². The predicted octanol–water partition coefficient (Wildman–Crippen LogP) is 2.81. The molecule has 0 aromatic carbocycles. The number of hydrogen-bond donors (Lipinski definition) is 0. The van der Waals surface area contributed by atoms with Gasteiger partial charge in [-0.1, -0.05) is 0 Å². The zero-order valence-corrected chi connectivity index (χ0v) is 11.5. The fraction of sp³-hybridized carbons (Fsp3) is 0.923. The molecule has 1 rings (SSSR count). The molecule has 1 saturated heterocycles. The Balaban J connectivity index is 2.47. The quantitative estimate of drug-likeness (QED) is 0.656. The highest BCUT2D eigenvalue weighted by atomic mass is 16.6. The summed E-state index contributed by atoms with van der Waals surface area (Å²) < 4.78 is 11.0. The number of hydrogen-bond acceptors (Lipinski definition) is 3. The van der Waals surface area contributed by atoms with E-state index in [0.717, 1.165) is 39.0 Å². The third-order valence-corrected chi connectivity index (χ3v) is 2.67. The highest BCUT2D eigenvalue weighted by Crippen LogP contribution is 2.13. The average Bonchev–Trinajstić information content (AvgIpc) is 2.27. The highest BCUT2D eigenvalue weighted by Gasteiger charge is 2.22. The molecule has 1 aliphatic heterocycles. The summed E-state index contributed by atoms with van der Waals surface area (Å²) in [5, 5.41) is 0. The van der Waals surface area contributed by atoms with E-state index < -0.39 is 5.60 Å². The van der Waals surface area contributed by atoms with E-state index >= 15 is 0 Å². The van der Waals surface area contributed by atoms with Crippen LogP contribution in [0.2, 0.25) is 0 Å². The van der Waals surface area contributed by atoms with Crippen LogP contribution in [0.15, 0.2) is 0 Å². The molecule has 0 aliphatic carbocycles. The van der Waals surface area contributed by atoms with Crippen molar-refractivity contribution in [1.29, 1.82) is 0 Å². The molecule has 0 N–H and O–H groups in total. The third kappa shape index (κ3) is 5.91. The van der Waals surface area contributed by atoms with Gasteiger partial charge in [0.05, 0.1) is 6.10 Å². The van der Waals surface area contributed by atoms with Gasteiger partial charge in [-0.25, -0.2) is 4.79 Å². The van der Waals surface area contributed by atoms with Crippen LogP contribution in [0.1, 0.15) is 47.0 Å². The highest BCUT2D eigenvalue weighted by molar-refractivity contribution is 5.68. The molecule has 0 spiro atoms. The smallest absolute Gasteiger partial charge is 0.410 e. The Morgan fingerprint density at radius 3 is 2.59 bits per heavy atom. The zero-order chi connectivity index (χ0) is 12.9. The van der Waals surface area contributed by atoms with Gasteiger partial charge >= 0.3 is 6.09 Å². The number of carbonyl (C=O) groups is 1. The van der Waals surface area contributed by atoms with Crippen molar-refractivity contribution in [1.82, 2.24) is 4.90 Å². The molecule has 1 aliphatic rings. The molecule has 1 heterocycles. The molecule has 1 unspecified atom stereocenters. The van der Waals surface area contributed by atoms with Crippen molar-refractivity contribution in [3.05, 3.63) is 0 Å². The summed E-state index contributed by atoms with van der Waals surface area (Å²) in [6.07, 6.45) is 2.95. The minimum Gasteiger partial charge on any atom is -0.444 e. The van der Waals surface area contributed by atoms with Crippen LogP contribution in [0, 0.1) is 0 Å². The van der Waals surface area contributed by atoms with E-state index in [0.29, 0.717) is 6.10 Å². The molecule has 4 nitrogen and oxygen atoms in total. The Labute approximate surface area is 104 Å². The Hall–Kier alpha value is -0.770. The number of carbonyl (C=O) groups excluding carboxylic acids is 1. The molecule has 1 amide bonds. The molecule has 0 aromatic rings. The van der Waals surface area contributed by atoms with Gasteiger partial charge in [-0.3, -0.25) is 0 Å². The maximum atomic E-state index is 11.9. The van der Waals surface area contributed by atoms with E-state index in [2.05, 4.69) is 6.92 Å². The standard InChI is InChI=1S/C13H25NO3/c1-11-7-5-8-14(9-6-10-16-11)12(15)17-13(2,3)4/h11H,5-10H2,1-4H3. The fourth-order valence-corrected chi connectivity index (χ4v) is 1.81. The molecule has 100 valence electrons. The van der Waals surface area contributed by atoms with E-state index in [1.165, 1.54) is 0 Å². The summed E-state index contributed by atoms with van der Waals surface area (Å²) in [5.41, 5.74) is -0.417. The van der Waals surface area contributed by atoms with Crippen LogP contribution < -0.4 is 0 Å². The topological polar surface area (TPSA) is 38.8 Å². The average molecular weight is 243 g/mol. The lowest BCUT2D eigenvalue weighted by atomic mass is 10.2. The molecule has 0 radical (unpaired) electrons. The summed E-state index contributed by atoms with van der Waals surface area (Å²) in [6, 6.07) is 0. The van der Waals surface area contributed by atoms with Crippen LogP contribution in [0.3, 0.4) is 0 Å². The van der Waals surface area contributed by atoms with Crippen LogP contribution in [0.5, 0.6) is 0 Å². The van der Waals surface area contributed by atoms with E-state index in [9.17, 15) is 4.79 Å². The van der Waals surface area contributed by atoms with Gasteiger partial charge in [0.1, 0.15) is 5.60 Å². The van der Waals surface area contributed by atoms with Crippen molar-refractivity contribution in [2.24, 2.45) is 0 Å².